The first-order valence-electron chi connectivity index (χ1n) is 6.55. The number of aromatic amines is 1. The molecule has 1 heterocycles. The van der Waals surface area contributed by atoms with E-state index in [4.69, 9.17) is 12.2 Å². The second-order valence-electron chi connectivity index (χ2n) is 5.13. The molecule has 4 nitrogen and oxygen atoms in total. The quantitative estimate of drug-likeness (QED) is 0.820. The van der Waals surface area contributed by atoms with Gasteiger partial charge in [0.1, 0.15) is 0 Å². The zero-order chi connectivity index (χ0) is 12.4. The standard InChI is InChI=1S/C12H22N4S/c1-4-15(8-10-6-5-7-10)11-13-14-12(17)16(11)9(2)3/h9-10H,4-8H2,1-3H3,(H,14,17). The molecule has 5 heteroatoms. The van der Waals surface area contributed by atoms with Crippen molar-refractivity contribution in [2.45, 2.75) is 46.1 Å². The Hall–Kier alpha value is -0.840. The van der Waals surface area contributed by atoms with Crippen molar-refractivity contribution in [3.8, 4) is 0 Å². The maximum atomic E-state index is 5.29. The minimum absolute atomic E-state index is 0.353. The van der Waals surface area contributed by atoms with Gasteiger partial charge in [-0.2, -0.15) is 0 Å². The van der Waals surface area contributed by atoms with Crippen molar-refractivity contribution in [1.82, 2.24) is 14.8 Å². The molecule has 0 bridgehead atoms. The van der Waals surface area contributed by atoms with Crippen molar-refractivity contribution >= 4 is 18.2 Å². The van der Waals surface area contributed by atoms with Gasteiger partial charge in [-0.1, -0.05) is 6.42 Å². The molecular formula is C12H22N4S. The number of rotatable bonds is 5. The molecule has 1 aromatic rings. The largest absolute Gasteiger partial charge is 0.341 e. The van der Waals surface area contributed by atoms with Crippen LogP contribution in [-0.2, 0) is 0 Å². The highest BCUT2D eigenvalue weighted by Gasteiger charge is 2.23. The summed E-state index contributed by atoms with van der Waals surface area (Å²) >= 11 is 5.29. The monoisotopic (exact) mass is 254 g/mol. The third kappa shape index (κ3) is 2.54. The van der Waals surface area contributed by atoms with Crippen molar-refractivity contribution in [2.75, 3.05) is 18.0 Å². The number of hydrogen-bond acceptors (Lipinski definition) is 3. The molecule has 96 valence electrons. The zero-order valence-corrected chi connectivity index (χ0v) is 11.8. The second-order valence-corrected chi connectivity index (χ2v) is 5.51. The molecule has 1 saturated carbocycles. The molecule has 1 aromatic heterocycles. The average molecular weight is 254 g/mol. The Labute approximate surface area is 108 Å². The Balaban J connectivity index is 2.20. The average Bonchev–Trinajstić information content (AvgIpc) is 2.59. The topological polar surface area (TPSA) is 36.9 Å². The Morgan fingerprint density at radius 3 is 2.71 bits per heavy atom. The lowest BCUT2D eigenvalue weighted by atomic mass is 9.85. The molecule has 1 aliphatic carbocycles. The number of nitrogens with zero attached hydrogens (tertiary/aromatic N) is 3. The van der Waals surface area contributed by atoms with Crippen LogP contribution in [0.15, 0.2) is 0 Å². The van der Waals surface area contributed by atoms with Gasteiger partial charge in [-0.05, 0) is 51.7 Å². The predicted molar refractivity (Wildman–Crippen MR) is 73.0 cm³/mol. The van der Waals surface area contributed by atoms with E-state index < -0.39 is 0 Å². The summed E-state index contributed by atoms with van der Waals surface area (Å²) in [5.41, 5.74) is 0. The van der Waals surface area contributed by atoms with Crippen LogP contribution < -0.4 is 4.90 Å². The maximum Gasteiger partial charge on any atom is 0.225 e. The summed E-state index contributed by atoms with van der Waals surface area (Å²) in [4.78, 5) is 2.34. The molecule has 0 atom stereocenters. The summed E-state index contributed by atoms with van der Waals surface area (Å²) < 4.78 is 2.83. The molecule has 0 radical (unpaired) electrons. The highest BCUT2D eigenvalue weighted by Crippen LogP contribution is 2.29. The first kappa shape index (κ1) is 12.6. The molecular weight excluding hydrogens is 232 g/mol. The SMILES string of the molecule is CCN(CC1CCC1)c1n[nH]c(=S)n1C(C)C. The first-order valence-corrected chi connectivity index (χ1v) is 6.96. The van der Waals surface area contributed by atoms with Gasteiger partial charge in [-0.15, -0.1) is 5.10 Å². The third-order valence-electron chi connectivity index (χ3n) is 3.57. The van der Waals surface area contributed by atoms with Crippen molar-refractivity contribution < 1.29 is 0 Å². The van der Waals surface area contributed by atoms with E-state index in [0.29, 0.717) is 6.04 Å². The summed E-state index contributed by atoms with van der Waals surface area (Å²) in [6.45, 7) is 8.57. The highest BCUT2D eigenvalue weighted by atomic mass is 32.1. The van der Waals surface area contributed by atoms with Crippen molar-refractivity contribution in [2.24, 2.45) is 5.92 Å². The van der Waals surface area contributed by atoms with Crippen LogP contribution in [0.1, 0.15) is 46.1 Å². The molecule has 0 aliphatic heterocycles. The first-order chi connectivity index (χ1) is 8.13. The van der Waals surface area contributed by atoms with Gasteiger partial charge in [-0.3, -0.25) is 4.57 Å². The van der Waals surface area contributed by atoms with E-state index in [9.17, 15) is 0 Å². The zero-order valence-electron chi connectivity index (χ0n) is 10.9. The van der Waals surface area contributed by atoms with Crippen LogP contribution in [0.2, 0.25) is 0 Å². The van der Waals surface area contributed by atoms with E-state index in [2.05, 4.69) is 40.4 Å². The molecule has 1 N–H and O–H groups in total. The van der Waals surface area contributed by atoms with Gasteiger partial charge in [0, 0.05) is 19.1 Å². The third-order valence-corrected chi connectivity index (χ3v) is 3.86. The minimum atomic E-state index is 0.353. The molecule has 17 heavy (non-hydrogen) atoms. The van der Waals surface area contributed by atoms with Crippen molar-refractivity contribution in [1.29, 1.82) is 0 Å². The van der Waals surface area contributed by atoms with E-state index in [0.717, 1.165) is 29.7 Å². The molecule has 0 spiro atoms. The van der Waals surface area contributed by atoms with Crippen LogP contribution >= 0.6 is 12.2 Å². The normalized spacial score (nSPS) is 16.2. The van der Waals surface area contributed by atoms with Crippen molar-refractivity contribution in [3.63, 3.8) is 0 Å². The molecule has 1 aliphatic rings. The van der Waals surface area contributed by atoms with Crippen LogP contribution in [0.3, 0.4) is 0 Å². The van der Waals surface area contributed by atoms with Crippen LogP contribution in [0, 0.1) is 10.7 Å². The molecule has 0 amide bonds. The van der Waals surface area contributed by atoms with Crippen LogP contribution in [0.5, 0.6) is 0 Å². The number of H-pyrrole nitrogens is 1. The molecule has 0 unspecified atom stereocenters. The lowest BCUT2D eigenvalue weighted by Gasteiger charge is -2.32. The van der Waals surface area contributed by atoms with E-state index >= 15 is 0 Å². The van der Waals surface area contributed by atoms with E-state index in [1.54, 1.807) is 0 Å². The van der Waals surface area contributed by atoms with Gasteiger partial charge in [0.25, 0.3) is 0 Å². The van der Waals surface area contributed by atoms with Crippen LogP contribution in [0.4, 0.5) is 5.95 Å². The Kier molecular flexibility index (Phi) is 3.86. The number of aromatic nitrogens is 3. The minimum Gasteiger partial charge on any atom is -0.341 e. The molecule has 0 saturated heterocycles. The summed E-state index contributed by atoms with van der Waals surface area (Å²) in [6, 6.07) is 0.353. The van der Waals surface area contributed by atoms with Gasteiger partial charge in [0.15, 0.2) is 4.77 Å². The van der Waals surface area contributed by atoms with Crippen LogP contribution in [0.25, 0.3) is 0 Å². The summed E-state index contributed by atoms with van der Waals surface area (Å²) in [6.07, 6.45) is 4.12. The summed E-state index contributed by atoms with van der Waals surface area (Å²) in [5, 5.41) is 7.31. The molecule has 2 rings (SSSR count). The maximum absolute atomic E-state index is 5.29. The lowest BCUT2D eigenvalue weighted by Crippen LogP contribution is -2.34. The Morgan fingerprint density at radius 1 is 1.53 bits per heavy atom. The smallest absolute Gasteiger partial charge is 0.225 e. The second kappa shape index (κ2) is 5.21. The van der Waals surface area contributed by atoms with Gasteiger partial charge in [-0.25, -0.2) is 5.10 Å². The van der Waals surface area contributed by atoms with E-state index in [1.807, 2.05) is 0 Å². The van der Waals surface area contributed by atoms with E-state index in [1.165, 1.54) is 19.3 Å². The Bertz CT molecular complexity index is 416. The van der Waals surface area contributed by atoms with E-state index in [-0.39, 0.29) is 0 Å². The van der Waals surface area contributed by atoms with Crippen molar-refractivity contribution in [3.05, 3.63) is 4.77 Å². The van der Waals surface area contributed by atoms with Gasteiger partial charge >= 0.3 is 0 Å². The number of anilines is 1. The number of nitrogens with one attached hydrogen (secondary N) is 1. The fraction of sp³-hybridized carbons (Fsp3) is 0.833. The Morgan fingerprint density at radius 2 is 2.24 bits per heavy atom. The summed E-state index contributed by atoms with van der Waals surface area (Å²) in [7, 11) is 0. The fourth-order valence-corrected chi connectivity index (χ4v) is 2.66. The van der Waals surface area contributed by atoms with Gasteiger partial charge < -0.3 is 4.90 Å². The number of hydrogen-bond donors (Lipinski definition) is 1. The predicted octanol–water partition coefficient (Wildman–Crippen LogP) is 3.15. The lowest BCUT2D eigenvalue weighted by molar-refractivity contribution is 0.316. The van der Waals surface area contributed by atoms with Gasteiger partial charge in [0.05, 0.1) is 0 Å². The molecule has 1 fully saturated rings. The van der Waals surface area contributed by atoms with Gasteiger partial charge in [0.2, 0.25) is 5.95 Å². The highest BCUT2D eigenvalue weighted by molar-refractivity contribution is 7.71. The fourth-order valence-electron chi connectivity index (χ4n) is 2.32. The molecule has 0 aromatic carbocycles. The van der Waals surface area contributed by atoms with Crippen LogP contribution in [-0.4, -0.2) is 27.9 Å². The summed E-state index contributed by atoms with van der Waals surface area (Å²) in [5.74, 6) is 1.85.